The van der Waals surface area contributed by atoms with Crippen LogP contribution in [0.4, 0.5) is 0 Å². The van der Waals surface area contributed by atoms with Gasteiger partial charge in [-0.25, -0.2) is 0 Å². The summed E-state index contributed by atoms with van der Waals surface area (Å²) < 4.78 is 0. The van der Waals surface area contributed by atoms with Crippen molar-refractivity contribution < 1.29 is 24.0 Å². The fraction of sp³-hybridized carbons (Fsp3) is 1.00. The summed E-state index contributed by atoms with van der Waals surface area (Å²) in [6.45, 7) is 9.34. The second kappa shape index (κ2) is 62.3. The Morgan fingerprint density at radius 1 is 0.136 bits per heavy atom. The molecule has 0 rings (SSSR count). The highest BCUT2D eigenvalue weighted by Gasteiger charge is 2.35. The third-order valence-electron chi connectivity index (χ3n) is 15.9. The first-order valence-corrected chi connectivity index (χ1v) is 34.6. The molecule has 0 bridgehead atoms. The summed E-state index contributed by atoms with van der Waals surface area (Å²) in [7, 11) is -0.834. The summed E-state index contributed by atoms with van der Waals surface area (Å²) in [4.78, 5) is 0. The number of rotatable bonds is 60. The second-order valence-electron chi connectivity index (χ2n) is 22.6. The van der Waals surface area contributed by atoms with Crippen LogP contribution in [0.15, 0.2) is 0 Å². The van der Waals surface area contributed by atoms with Crippen LogP contribution in [0.3, 0.4) is 0 Å². The van der Waals surface area contributed by atoms with Gasteiger partial charge in [-0.1, -0.05) is 336 Å². The quantitative estimate of drug-likeness (QED) is 0.0324. The molecule has 0 spiro atoms. The Labute approximate surface area is 440 Å². The van der Waals surface area contributed by atoms with Crippen molar-refractivity contribution in [3.05, 3.63) is 0 Å². The molecule has 0 unspecified atom stereocenters. The van der Waals surface area contributed by atoms with Crippen molar-refractivity contribution in [1.82, 2.24) is 0 Å². The second-order valence-corrected chi connectivity index (χ2v) is 27.1. The average molecular weight is 1060 g/mol. The Balaban J connectivity index is 0. The molecule has 0 fully saturated rings. The highest BCUT2D eigenvalue weighted by atomic mass is 127. The van der Waals surface area contributed by atoms with Crippen molar-refractivity contribution in [3.63, 3.8) is 0 Å². The van der Waals surface area contributed by atoms with E-state index >= 15 is 0 Å². The van der Waals surface area contributed by atoms with Gasteiger partial charge in [-0.15, -0.1) is 0 Å². The van der Waals surface area contributed by atoms with E-state index in [0.29, 0.717) is 0 Å². The molecule has 0 aromatic carbocycles. The molecule has 0 saturated heterocycles. The van der Waals surface area contributed by atoms with E-state index in [1.165, 1.54) is 334 Å². The zero-order valence-corrected chi connectivity index (χ0v) is 50.3. The Bertz CT molecular complexity index is 677. The molecule has 0 aromatic rings. The summed E-state index contributed by atoms with van der Waals surface area (Å²) in [6, 6.07) is 0. The normalized spacial score (nSPS) is 11.8. The van der Waals surface area contributed by atoms with Crippen LogP contribution >= 0.6 is 7.26 Å². The van der Waals surface area contributed by atoms with Crippen LogP contribution in [0.1, 0.15) is 387 Å². The maximum Gasteiger partial charge on any atom is 0.0594 e. The lowest BCUT2D eigenvalue weighted by molar-refractivity contribution is -0.0000145. The molecule has 0 nitrogen and oxygen atoms in total. The summed E-state index contributed by atoms with van der Waals surface area (Å²) in [5.41, 5.74) is 0. The van der Waals surface area contributed by atoms with E-state index in [1.807, 2.05) is 0 Å². The third-order valence-corrected chi connectivity index (χ3v) is 21.0. The lowest BCUT2D eigenvalue weighted by Crippen LogP contribution is -3.00. The van der Waals surface area contributed by atoms with Gasteiger partial charge in [0.25, 0.3) is 0 Å². The summed E-state index contributed by atoms with van der Waals surface area (Å²) in [5, 5.41) is 0. The van der Waals surface area contributed by atoms with Gasteiger partial charge < -0.3 is 24.0 Å². The van der Waals surface area contributed by atoms with Gasteiger partial charge in [-0.05, 0) is 51.4 Å². The van der Waals surface area contributed by atoms with Crippen molar-refractivity contribution in [1.29, 1.82) is 0 Å². The molecular formula is C64H132IP. The molecule has 0 heterocycles. The lowest BCUT2D eigenvalue weighted by atomic mass is 10.0. The van der Waals surface area contributed by atoms with E-state index in [4.69, 9.17) is 0 Å². The average Bonchev–Trinajstić information content (AvgIpc) is 3.32. The maximum absolute atomic E-state index is 2.34. The molecule has 0 N–H and O–H groups in total. The van der Waals surface area contributed by atoms with Crippen LogP contribution in [0.5, 0.6) is 0 Å². The number of hydrogen-bond acceptors (Lipinski definition) is 0. The topological polar surface area (TPSA) is 0 Å². The molecule has 0 aliphatic heterocycles. The zero-order chi connectivity index (χ0) is 46.9. The standard InChI is InChI=1S/C64H132P.HI/c1-5-9-13-17-21-25-29-33-37-41-45-49-53-57-61-65(62-58-54-50-46-42-38-34-30-26-22-18-14-10-6-2,63-59-55-51-47-43-39-35-31-27-23-19-15-11-7-3)64-60-56-52-48-44-40-36-32-28-24-20-16-12-8-4;/h5-64H2,1-4H3;1H/q+1;/p-1. The molecule has 2 heteroatoms. The Morgan fingerprint density at radius 3 is 0.333 bits per heavy atom. The minimum atomic E-state index is -0.834. The van der Waals surface area contributed by atoms with Gasteiger partial charge in [0.05, 0.1) is 24.6 Å². The van der Waals surface area contributed by atoms with Gasteiger partial charge in [0.15, 0.2) is 0 Å². The van der Waals surface area contributed by atoms with Crippen molar-refractivity contribution in [2.24, 2.45) is 0 Å². The molecule has 0 atom stereocenters. The number of hydrogen-bond donors (Lipinski definition) is 0. The SMILES string of the molecule is CCCCCCCCCCCCCCCC[P+](CCCCCCCCCCCCCCCC)(CCCCCCCCCCCCCCCC)CCCCCCCCCCCCCCCC.[I-]. The highest BCUT2D eigenvalue weighted by molar-refractivity contribution is 7.75. The van der Waals surface area contributed by atoms with Gasteiger partial charge >= 0.3 is 0 Å². The van der Waals surface area contributed by atoms with E-state index in [2.05, 4.69) is 27.7 Å². The van der Waals surface area contributed by atoms with Gasteiger partial charge in [-0.2, -0.15) is 0 Å². The van der Waals surface area contributed by atoms with Crippen molar-refractivity contribution in [2.45, 2.75) is 387 Å². The summed E-state index contributed by atoms with van der Waals surface area (Å²) in [5.74, 6) is 0. The van der Waals surface area contributed by atoms with Crippen LogP contribution in [-0.2, 0) is 0 Å². The maximum atomic E-state index is 2.34. The van der Waals surface area contributed by atoms with Gasteiger partial charge in [0.2, 0.25) is 0 Å². The Morgan fingerprint density at radius 2 is 0.227 bits per heavy atom. The molecule has 0 aliphatic rings. The highest BCUT2D eigenvalue weighted by Crippen LogP contribution is 2.61. The van der Waals surface area contributed by atoms with E-state index in [1.54, 1.807) is 50.3 Å². The van der Waals surface area contributed by atoms with E-state index < -0.39 is 7.26 Å². The van der Waals surface area contributed by atoms with Crippen LogP contribution < -0.4 is 24.0 Å². The van der Waals surface area contributed by atoms with E-state index in [0.717, 1.165) is 0 Å². The minimum absolute atomic E-state index is 0. The number of halogens is 1. The minimum Gasteiger partial charge on any atom is -1.00 e. The summed E-state index contributed by atoms with van der Waals surface area (Å²) in [6.07, 6.45) is 90.3. The first kappa shape index (κ1) is 69.2. The van der Waals surface area contributed by atoms with E-state index in [-0.39, 0.29) is 24.0 Å². The molecule has 0 radical (unpaired) electrons. The lowest BCUT2D eigenvalue weighted by Gasteiger charge is -2.28. The van der Waals surface area contributed by atoms with Crippen molar-refractivity contribution in [3.8, 4) is 0 Å². The van der Waals surface area contributed by atoms with Crippen LogP contribution in [0.2, 0.25) is 0 Å². The zero-order valence-electron chi connectivity index (χ0n) is 47.3. The first-order valence-electron chi connectivity index (χ1n) is 32.1. The fourth-order valence-electron chi connectivity index (χ4n) is 11.2. The van der Waals surface area contributed by atoms with Gasteiger partial charge in [0, 0.05) is 7.26 Å². The molecule has 0 aromatic heterocycles. The fourth-order valence-corrected chi connectivity index (χ4v) is 16.2. The summed E-state index contributed by atoms with van der Waals surface area (Å²) >= 11 is 0. The van der Waals surface area contributed by atoms with E-state index in [9.17, 15) is 0 Å². The molecule has 0 aliphatic carbocycles. The monoisotopic (exact) mass is 1060 g/mol. The molecule has 66 heavy (non-hydrogen) atoms. The molecule has 0 saturated carbocycles. The van der Waals surface area contributed by atoms with Crippen LogP contribution in [0.25, 0.3) is 0 Å². The largest absolute Gasteiger partial charge is 1.00 e. The van der Waals surface area contributed by atoms with Gasteiger partial charge in [-0.3, -0.25) is 0 Å². The van der Waals surface area contributed by atoms with Crippen LogP contribution in [-0.4, -0.2) is 24.6 Å². The molecular weight excluding hydrogens is 927 g/mol. The molecule has 400 valence electrons. The number of unbranched alkanes of at least 4 members (excludes halogenated alkanes) is 52. The van der Waals surface area contributed by atoms with Crippen molar-refractivity contribution in [2.75, 3.05) is 24.6 Å². The smallest absolute Gasteiger partial charge is 0.0594 e. The predicted molar refractivity (Wildman–Crippen MR) is 308 cm³/mol. The van der Waals surface area contributed by atoms with Crippen LogP contribution in [0, 0.1) is 0 Å². The van der Waals surface area contributed by atoms with Gasteiger partial charge in [0.1, 0.15) is 0 Å². The predicted octanol–water partition coefficient (Wildman–Crippen LogP) is 21.9. The first-order chi connectivity index (χ1) is 32.2. The Kier molecular flexibility index (Phi) is 65.3. The Hall–Kier alpha value is 1.16. The molecule has 0 amide bonds. The third kappa shape index (κ3) is 56.1. The van der Waals surface area contributed by atoms with Crippen molar-refractivity contribution >= 4 is 7.26 Å².